The molecule has 0 radical (unpaired) electrons. The van der Waals surface area contributed by atoms with E-state index in [9.17, 15) is 9.59 Å². The topological polar surface area (TPSA) is 66.4 Å². The number of imide groups is 1. The van der Waals surface area contributed by atoms with E-state index in [0.29, 0.717) is 5.56 Å². The fourth-order valence-electron chi connectivity index (χ4n) is 2.96. The van der Waals surface area contributed by atoms with E-state index in [1.165, 1.54) is 0 Å². The number of hydrogen-bond acceptors (Lipinski definition) is 2. The Bertz CT molecular complexity index is 836. The van der Waals surface area contributed by atoms with Crippen LogP contribution >= 0.6 is 0 Å². The molecule has 3 rings (SSSR count). The standard InChI is InChI=1S/C21H17NO3/c23-20(22-21(24)25)18-14-8-7-13-17(18)19(15-9-3-1-4-10-15)16-11-5-2-6-12-16/h1-14,19H,(H,22,23)(H,24,25). The van der Waals surface area contributed by atoms with Gasteiger partial charge in [-0.2, -0.15) is 0 Å². The van der Waals surface area contributed by atoms with Gasteiger partial charge in [0.2, 0.25) is 0 Å². The van der Waals surface area contributed by atoms with Crippen LogP contribution in [0.25, 0.3) is 0 Å². The molecule has 0 aliphatic carbocycles. The van der Waals surface area contributed by atoms with Gasteiger partial charge in [0.15, 0.2) is 0 Å². The van der Waals surface area contributed by atoms with Crippen molar-refractivity contribution in [1.82, 2.24) is 5.32 Å². The van der Waals surface area contributed by atoms with Gasteiger partial charge in [-0.15, -0.1) is 0 Å². The summed E-state index contributed by atoms with van der Waals surface area (Å²) in [5, 5.41) is 10.8. The summed E-state index contributed by atoms with van der Waals surface area (Å²) in [7, 11) is 0. The normalized spacial score (nSPS) is 10.4. The van der Waals surface area contributed by atoms with Crippen LogP contribution < -0.4 is 5.32 Å². The maximum atomic E-state index is 12.4. The van der Waals surface area contributed by atoms with Gasteiger partial charge in [0, 0.05) is 11.5 Å². The van der Waals surface area contributed by atoms with Crippen LogP contribution in [0.3, 0.4) is 0 Å². The Morgan fingerprint density at radius 1 is 0.720 bits per heavy atom. The smallest absolute Gasteiger partial charge is 0.411 e. The van der Waals surface area contributed by atoms with Crippen molar-refractivity contribution in [2.75, 3.05) is 0 Å². The molecule has 0 atom stereocenters. The first-order valence-electron chi connectivity index (χ1n) is 7.90. The van der Waals surface area contributed by atoms with E-state index in [2.05, 4.69) is 0 Å². The lowest BCUT2D eigenvalue weighted by molar-refractivity contribution is 0.0947. The molecule has 4 heteroatoms. The summed E-state index contributed by atoms with van der Waals surface area (Å²) in [6, 6.07) is 26.8. The molecule has 124 valence electrons. The largest absolute Gasteiger partial charge is 0.465 e. The molecule has 0 fully saturated rings. The van der Waals surface area contributed by atoms with Gasteiger partial charge in [-0.1, -0.05) is 78.9 Å². The highest BCUT2D eigenvalue weighted by atomic mass is 16.4. The van der Waals surface area contributed by atoms with Crippen LogP contribution in [0.2, 0.25) is 0 Å². The van der Waals surface area contributed by atoms with E-state index >= 15 is 0 Å². The lowest BCUT2D eigenvalue weighted by atomic mass is 9.83. The van der Waals surface area contributed by atoms with Gasteiger partial charge in [-0.25, -0.2) is 4.79 Å². The molecule has 4 nitrogen and oxygen atoms in total. The second-order valence-electron chi connectivity index (χ2n) is 5.60. The van der Waals surface area contributed by atoms with Gasteiger partial charge >= 0.3 is 6.09 Å². The predicted molar refractivity (Wildman–Crippen MR) is 95.8 cm³/mol. The van der Waals surface area contributed by atoms with E-state index < -0.39 is 12.0 Å². The Hall–Kier alpha value is -3.40. The highest BCUT2D eigenvalue weighted by Gasteiger charge is 2.22. The van der Waals surface area contributed by atoms with E-state index in [-0.39, 0.29) is 5.92 Å². The molecular weight excluding hydrogens is 314 g/mol. The number of rotatable bonds is 4. The van der Waals surface area contributed by atoms with Crippen molar-refractivity contribution < 1.29 is 14.7 Å². The minimum atomic E-state index is -1.37. The summed E-state index contributed by atoms with van der Waals surface area (Å²) >= 11 is 0. The average Bonchev–Trinajstić information content (AvgIpc) is 2.64. The van der Waals surface area contributed by atoms with Crippen LogP contribution in [0.15, 0.2) is 84.9 Å². The summed E-state index contributed by atoms with van der Waals surface area (Å²) in [5.74, 6) is -0.793. The van der Waals surface area contributed by atoms with E-state index in [0.717, 1.165) is 16.7 Å². The molecule has 0 spiro atoms. The third-order valence-electron chi connectivity index (χ3n) is 4.00. The maximum Gasteiger partial charge on any atom is 0.411 e. The maximum absolute atomic E-state index is 12.4. The molecule has 0 aliphatic heterocycles. The Morgan fingerprint density at radius 2 is 1.20 bits per heavy atom. The van der Waals surface area contributed by atoms with Gasteiger partial charge in [-0.3, -0.25) is 10.1 Å². The molecule has 0 heterocycles. The molecule has 3 aromatic rings. The monoisotopic (exact) mass is 331 g/mol. The lowest BCUT2D eigenvalue weighted by Gasteiger charge is -2.21. The third-order valence-corrected chi connectivity index (χ3v) is 4.00. The predicted octanol–water partition coefficient (Wildman–Crippen LogP) is 4.27. The zero-order valence-corrected chi connectivity index (χ0v) is 13.4. The first-order valence-corrected chi connectivity index (χ1v) is 7.90. The van der Waals surface area contributed by atoms with Crippen molar-refractivity contribution in [3.05, 3.63) is 107 Å². The number of hydrogen-bond donors (Lipinski definition) is 2. The number of nitrogens with one attached hydrogen (secondary N) is 1. The molecule has 0 bridgehead atoms. The zero-order chi connectivity index (χ0) is 17.6. The van der Waals surface area contributed by atoms with Crippen molar-refractivity contribution in [3.63, 3.8) is 0 Å². The van der Waals surface area contributed by atoms with Crippen molar-refractivity contribution in [3.8, 4) is 0 Å². The minimum Gasteiger partial charge on any atom is -0.465 e. The molecule has 3 aromatic carbocycles. The second kappa shape index (κ2) is 7.45. The minimum absolute atomic E-state index is 0.168. The van der Waals surface area contributed by atoms with Gasteiger partial charge in [0.05, 0.1) is 0 Å². The van der Waals surface area contributed by atoms with Gasteiger partial charge < -0.3 is 5.11 Å². The van der Waals surface area contributed by atoms with Crippen molar-refractivity contribution in [1.29, 1.82) is 0 Å². The van der Waals surface area contributed by atoms with Crippen LogP contribution in [0.5, 0.6) is 0 Å². The molecule has 2 amide bonds. The summed E-state index contributed by atoms with van der Waals surface area (Å²) in [6.45, 7) is 0. The summed E-state index contributed by atoms with van der Waals surface area (Å²) in [5.41, 5.74) is 3.18. The Labute approximate surface area is 145 Å². The van der Waals surface area contributed by atoms with Gasteiger partial charge in [0.25, 0.3) is 5.91 Å². The van der Waals surface area contributed by atoms with Crippen LogP contribution in [-0.2, 0) is 0 Å². The van der Waals surface area contributed by atoms with Crippen molar-refractivity contribution in [2.24, 2.45) is 0 Å². The van der Waals surface area contributed by atoms with Gasteiger partial charge in [0.1, 0.15) is 0 Å². The molecule has 0 aromatic heterocycles. The first kappa shape index (κ1) is 16.5. The van der Waals surface area contributed by atoms with Crippen molar-refractivity contribution in [2.45, 2.75) is 5.92 Å². The summed E-state index contributed by atoms with van der Waals surface area (Å²) in [6.07, 6.45) is -1.37. The molecular formula is C21H17NO3. The number of carboxylic acid groups (broad SMARTS) is 1. The molecule has 0 aliphatic rings. The molecule has 25 heavy (non-hydrogen) atoms. The fourth-order valence-corrected chi connectivity index (χ4v) is 2.96. The number of amides is 2. The van der Waals surface area contributed by atoms with Crippen LogP contribution in [-0.4, -0.2) is 17.1 Å². The number of benzene rings is 3. The first-order chi connectivity index (χ1) is 12.2. The second-order valence-corrected chi connectivity index (χ2v) is 5.60. The Morgan fingerprint density at radius 3 is 1.72 bits per heavy atom. The number of carbonyl (C=O) groups excluding carboxylic acids is 1. The fraction of sp³-hybridized carbons (Fsp3) is 0.0476. The molecule has 0 saturated carbocycles. The third kappa shape index (κ3) is 3.75. The average molecular weight is 331 g/mol. The van der Waals surface area contributed by atoms with E-state index in [1.807, 2.05) is 78.1 Å². The summed E-state index contributed by atoms with van der Waals surface area (Å²) < 4.78 is 0. The van der Waals surface area contributed by atoms with Crippen molar-refractivity contribution >= 4 is 12.0 Å². The lowest BCUT2D eigenvalue weighted by Crippen LogP contribution is -2.30. The highest BCUT2D eigenvalue weighted by Crippen LogP contribution is 2.33. The van der Waals surface area contributed by atoms with Crippen LogP contribution in [0.4, 0.5) is 4.79 Å². The van der Waals surface area contributed by atoms with E-state index in [4.69, 9.17) is 5.11 Å². The van der Waals surface area contributed by atoms with Crippen LogP contribution in [0.1, 0.15) is 33.0 Å². The highest BCUT2D eigenvalue weighted by molar-refractivity contribution is 6.03. The van der Waals surface area contributed by atoms with E-state index in [1.54, 1.807) is 12.1 Å². The number of carbonyl (C=O) groups is 2. The summed E-state index contributed by atoms with van der Waals surface area (Å²) in [4.78, 5) is 23.2. The Balaban J connectivity index is 2.15. The SMILES string of the molecule is O=C(O)NC(=O)c1ccccc1C(c1ccccc1)c1ccccc1. The quantitative estimate of drug-likeness (QED) is 0.702. The van der Waals surface area contributed by atoms with Crippen LogP contribution in [0, 0.1) is 0 Å². The van der Waals surface area contributed by atoms with Gasteiger partial charge in [-0.05, 0) is 22.8 Å². The Kier molecular flexibility index (Phi) is 4.90. The molecule has 2 N–H and O–H groups in total. The molecule has 0 unspecified atom stereocenters. The molecule has 0 saturated heterocycles. The zero-order valence-electron chi connectivity index (χ0n) is 13.4.